The maximum absolute atomic E-state index is 12.9. The highest BCUT2D eigenvalue weighted by Gasteiger charge is 2.55. The lowest BCUT2D eigenvalue weighted by Gasteiger charge is -2.36. The van der Waals surface area contributed by atoms with Crippen molar-refractivity contribution in [3.63, 3.8) is 0 Å². The van der Waals surface area contributed by atoms with Crippen LogP contribution in [-0.2, 0) is 11.3 Å². The smallest absolute Gasteiger partial charge is 0.325 e. The molecule has 3 amide bonds. The van der Waals surface area contributed by atoms with Crippen LogP contribution in [0.3, 0.4) is 0 Å². The minimum absolute atomic E-state index is 0.0349. The van der Waals surface area contributed by atoms with Gasteiger partial charge >= 0.3 is 6.03 Å². The molecule has 2 aliphatic rings. The van der Waals surface area contributed by atoms with Gasteiger partial charge in [0.15, 0.2) is 5.76 Å². The fourth-order valence-corrected chi connectivity index (χ4v) is 3.60. The normalized spacial score (nSPS) is 27.0. The zero-order chi connectivity index (χ0) is 16.7. The molecule has 1 saturated heterocycles. The largest absolute Gasteiger partial charge is 0.461 e. The lowest BCUT2D eigenvalue weighted by atomic mass is 9.73. The molecule has 0 bridgehead atoms. The topological polar surface area (TPSA) is 101 Å². The molecule has 24 heavy (non-hydrogen) atoms. The Balaban J connectivity index is 1.55. The van der Waals surface area contributed by atoms with Crippen LogP contribution in [-0.4, -0.2) is 32.5 Å². The maximum Gasteiger partial charge on any atom is 0.325 e. The molecule has 126 valence electrons. The second kappa shape index (κ2) is 5.47. The summed E-state index contributed by atoms with van der Waals surface area (Å²) < 4.78 is 10.4. The van der Waals surface area contributed by atoms with Crippen molar-refractivity contribution in [1.82, 2.24) is 20.4 Å². The third-order valence-electron chi connectivity index (χ3n) is 5.00. The molecule has 0 radical (unpaired) electrons. The van der Waals surface area contributed by atoms with Gasteiger partial charge in [-0.15, -0.1) is 0 Å². The van der Waals surface area contributed by atoms with E-state index in [1.165, 1.54) is 11.2 Å². The third-order valence-corrected chi connectivity index (χ3v) is 5.00. The molecule has 1 saturated carbocycles. The Morgan fingerprint density at radius 1 is 1.42 bits per heavy atom. The highest BCUT2D eigenvalue weighted by Crippen LogP contribution is 2.38. The van der Waals surface area contributed by atoms with Gasteiger partial charge in [-0.1, -0.05) is 24.9 Å². The monoisotopic (exact) mass is 330 g/mol. The van der Waals surface area contributed by atoms with Crippen LogP contribution >= 0.6 is 0 Å². The first-order valence-electron chi connectivity index (χ1n) is 8.11. The number of hydrogen-bond donors (Lipinski definition) is 1. The number of hydrogen-bond acceptors (Lipinski definition) is 6. The van der Waals surface area contributed by atoms with E-state index in [4.69, 9.17) is 8.94 Å². The molecular formula is C16H18N4O4. The summed E-state index contributed by atoms with van der Waals surface area (Å²) in [5, 5.41) is 6.72. The molecule has 2 aromatic heterocycles. The van der Waals surface area contributed by atoms with Crippen LogP contribution in [0, 0.1) is 5.92 Å². The van der Waals surface area contributed by atoms with Crippen molar-refractivity contribution in [3.8, 4) is 11.6 Å². The number of furan rings is 1. The molecule has 0 aromatic carbocycles. The summed E-state index contributed by atoms with van der Waals surface area (Å²) in [7, 11) is 0. The number of nitrogens with one attached hydrogen (secondary N) is 1. The van der Waals surface area contributed by atoms with E-state index >= 15 is 0 Å². The Hall–Kier alpha value is -2.64. The van der Waals surface area contributed by atoms with Gasteiger partial charge in [0, 0.05) is 0 Å². The Morgan fingerprint density at radius 3 is 3.04 bits per heavy atom. The highest BCUT2D eigenvalue weighted by molar-refractivity contribution is 6.07. The first-order chi connectivity index (χ1) is 11.6. The van der Waals surface area contributed by atoms with Gasteiger partial charge in [-0.3, -0.25) is 9.69 Å². The van der Waals surface area contributed by atoms with Crippen LogP contribution in [0.4, 0.5) is 4.79 Å². The van der Waals surface area contributed by atoms with Crippen molar-refractivity contribution in [3.05, 3.63) is 24.3 Å². The van der Waals surface area contributed by atoms with Gasteiger partial charge in [-0.25, -0.2) is 4.79 Å². The Bertz CT molecular complexity index is 769. The van der Waals surface area contributed by atoms with Gasteiger partial charge in [0.05, 0.1) is 6.26 Å². The van der Waals surface area contributed by atoms with E-state index in [0.29, 0.717) is 18.0 Å². The van der Waals surface area contributed by atoms with Gasteiger partial charge in [-0.05, 0) is 30.9 Å². The third kappa shape index (κ3) is 2.21. The molecule has 1 spiro atoms. The van der Waals surface area contributed by atoms with Crippen molar-refractivity contribution in [2.24, 2.45) is 5.92 Å². The summed E-state index contributed by atoms with van der Waals surface area (Å²) in [5.74, 6) is 0.888. The molecule has 2 fully saturated rings. The summed E-state index contributed by atoms with van der Waals surface area (Å²) in [6, 6.07) is 3.03. The number of rotatable bonds is 3. The predicted molar refractivity (Wildman–Crippen MR) is 81.4 cm³/mol. The average Bonchev–Trinajstić information content (AvgIpc) is 3.28. The zero-order valence-corrected chi connectivity index (χ0v) is 13.3. The first kappa shape index (κ1) is 14.9. The molecule has 1 aliphatic carbocycles. The molecule has 8 heteroatoms. The number of aromatic nitrogens is 2. The fourth-order valence-electron chi connectivity index (χ4n) is 3.60. The average molecular weight is 330 g/mol. The molecule has 0 unspecified atom stereocenters. The number of urea groups is 1. The van der Waals surface area contributed by atoms with Crippen LogP contribution in [0.1, 0.15) is 38.5 Å². The van der Waals surface area contributed by atoms with Crippen LogP contribution in [0.25, 0.3) is 11.6 Å². The van der Waals surface area contributed by atoms with Crippen LogP contribution in [0.5, 0.6) is 0 Å². The van der Waals surface area contributed by atoms with Gasteiger partial charge in [0.2, 0.25) is 11.7 Å². The summed E-state index contributed by atoms with van der Waals surface area (Å²) >= 11 is 0. The molecule has 2 atom stereocenters. The first-order valence-corrected chi connectivity index (χ1v) is 8.11. The van der Waals surface area contributed by atoms with Crippen molar-refractivity contribution < 1.29 is 18.5 Å². The van der Waals surface area contributed by atoms with E-state index in [9.17, 15) is 9.59 Å². The summed E-state index contributed by atoms with van der Waals surface area (Å²) in [5.41, 5.74) is -0.779. The van der Waals surface area contributed by atoms with Crippen molar-refractivity contribution in [1.29, 1.82) is 0 Å². The Labute approximate surface area is 138 Å². The van der Waals surface area contributed by atoms with Crippen molar-refractivity contribution in [2.75, 3.05) is 0 Å². The Morgan fingerprint density at radius 2 is 2.29 bits per heavy atom. The number of carbonyl (C=O) groups is 2. The molecular weight excluding hydrogens is 312 g/mol. The van der Waals surface area contributed by atoms with E-state index in [1.54, 1.807) is 12.1 Å². The van der Waals surface area contributed by atoms with E-state index in [0.717, 1.165) is 19.3 Å². The molecule has 1 N–H and O–H groups in total. The summed E-state index contributed by atoms with van der Waals surface area (Å²) in [6.45, 7) is 1.98. The number of imide groups is 1. The second-order valence-electron chi connectivity index (χ2n) is 6.43. The second-order valence-corrected chi connectivity index (χ2v) is 6.43. The van der Waals surface area contributed by atoms with Crippen LogP contribution < -0.4 is 5.32 Å². The molecule has 8 nitrogen and oxygen atoms in total. The van der Waals surface area contributed by atoms with Gasteiger partial charge in [-0.2, -0.15) is 4.98 Å². The molecule has 4 rings (SSSR count). The lowest BCUT2D eigenvalue weighted by Crippen LogP contribution is -2.53. The van der Waals surface area contributed by atoms with Gasteiger partial charge < -0.3 is 14.3 Å². The van der Waals surface area contributed by atoms with Gasteiger partial charge in [0.1, 0.15) is 12.1 Å². The van der Waals surface area contributed by atoms with Crippen LogP contribution in [0.15, 0.2) is 27.3 Å². The molecule has 2 aromatic rings. The predicted octanol–water partition coefficient (Wildman–Crippen LogP) is 2.33. The van der Waals surface area contributed by atoms with Crippen molar-refractivity contribution >= 4 is 11.9 Å². The van der Waals surface area contributed by atoms with E-state index in [-0.39, 0.29) is 24.3 Å². The molecule has 1 aliphatic heterocycles. The number of carbonyl (C=O) groups excluding carboxylic acids is 2. The highest BCUT2D eigenvalue weighted by atomic mass is 16.5. The standard InChI is InChI=1S/C16H18N4O4/c1-10-5-2-3-7-16(10)14(21)20(15(22)18-16)9-12-17-13(19-24-12)11-6-4-8-23-11/h4,6,8,10H,2-3,5,7,9H2,1H3,(H,18,22)/t10-,16-/m1/s1. The summed E-state index contributed by atoms with van der Waals surface area (Å²) in [4.78, 5) is 30.6. The minimum atomic E-state index is -0.779. The van der Waals surface area contributed by atoms with Gasteiger partial charge in [0.25, 0.3) is 5.91 Å². The lowest BCUT2D eigenvalue weighted by molar-refractivity contribution is -0.134. The zero-order valence-electron chi connectivity index (χ0n) is 13.3. The van der Waals surface area contributed by atoms with E-state index < -0.39 is 11.6 Å². The number of nitrogens with zero attached hydrogens (tertiary/aromatic N) is 3. The van der Waals surface area contributed by atoms with E-state index in [2.05, 4.69) is 15.5 Å². The Kier molecular flexibility index (Phi) is 3.40. The quantitative estimate of drug-likeness (QED) is 0.867. The SMILES string of the molecule is C[C@@H]1CCCC[C@@]12NC(=O)N(Cc1nc(-c3ccco3)no1)C2=O. The summed E-state index contributed by atoms with van der Waals surface area (Å²) in [6.07, 6.45) is 5.15. The fraction of sp³-hybridized carbons (Fsp3) is 0.500. The van der Waals surface area contributed by atoms with Crippen molar-refractivity contribution in [2.45, 2.75) is 44.7 Å². The molecule has 3 heterocycles. The number of amides is 3. The van der Waals surface area contributed by atoms with E-state index in [1.807, 2.05) is 6.92 Å². The van der Waals surface area contributed by atoms with Crippen LogP contribution in [0.2, 0.25) is 0 Å². The minimum Gasteiger partial charge on any atom is -0.461 e. The maximum atomic E-state index is 12.9.